The highest BCUT2D eigenvalue weighted by Crippen LogP contribution is 2.32. The fourth-order valence-electron chi connectivity index (χ4n) is 2.20. The fraction of sp³-hybridized carbons (Fsp3) is 0.500. The van der Waals surface area contributed by atoms with E-state index in [1.165, 1.54) is 5.56 Å². The van der Waals surface area contributed by atoms with Crippen molar-refractivity contribution in [2.45, 2.75) is 39.5 Å². The van der Waals surface area contributed by atoms with Gasteiger partial charge >= 0.3 is 5.97 Å². The first-order chi connectivity index (χ1) is 7.84. The summed E-state index contributed by atoms with van der Waals surface area (Å²) in [7, 11) is 0. The summed E-state index contributed by atoms with van der Waals surface area (Å²) in [6.07, 6.45) is 0.450. The number of rotatable bonds is 4. The molecule has 1 rings (SSSR count). The lowest BCUT2D eigenvalue weighted by molar-refractivity contribution is -0.143. The maximum Gasteiger partial charge on any atom is 0.313 e. The summed E-state index contributed by atoms with van der Waals surface area (Å²) in [4.78, 5) is 11.5. The number of carbonyl (C=O) groups is 1. The van der Waals surface area contributed by atoms with Gasteiger partial charge in [-0.2, -0.15) is 0 Å². The van der Waals surface area contributed by atoms with E-state index in [9.17, 15) is 9.90 Å². The lowest BCUT2D eigenvalue weighted by atomic mass is 9.76. The van der Waals surface area contributed by atoms with Crippen molar-refractivity contribution in [3.63, 3.8) is 0 Å². The summed E-state index contributed by atoms with van der Waals surface area (Å²) in [6.45, 7) is 8.16. The van der Waals surface area contributed by atoms with Crippen LogP contribution in [0.25, 0.3) is 0 Å². The van der Waals surface area contributed by atoms with Crippen molar-refractivity contribution in [1.29, 1.82) is 0 Å². The number of benzene rings is 1. The third-order valence-electron chi connectivity index (χ3n) is 3.77. The number of carboxylic acid groups (broad SMARTS) is 1. The monoisotopic (exact) mass is 235 g/mol. The minimum absolute atomic E-state index is 0.370. The summed E-state index contributed by atoms with van der Waals surface area (Å²) < 4.78 is 0. The number of hydrogen-bond acceptors (Lipinski definition) is 2. The predicted octanol–water partition coefficient (Wildman–Crippen LogP) is 2.30. The first kappa shape index (κ1) is 13.7. The molecule has 0 aliphatic heterocycles. The van der Waals surface area contributed by atoms with Crippen LogP contribution in [0.15, 0.2) is 12.1 Å². The SMILES string of the molecule is Cc1ccc(C(C)(CCN)C(=O)O)c(C)c1C. The van der Waals surface area contributed by atoms with E-state index in [0.29, 0.717) is 13.0 Å². The highest BCUT2D eigenvalue weighted by Gasteiger charge is 2.35. The second kappa shape index (κ2) is 4.88. The van der Waals surface area contributed by atoms with Crippen LogP contribution in [-0.4, -0.2) is 17.6 Å². The van der Waals surface area contributed by atoms with Crippen LogP contribution in [-0.2, 0) is 10.2 Å². The molecule has 1 atom stereocenters. The zero-order valence-corrected chi connectivity index (χ0v) is 11.0. The predicted molar refractivity (Wildman–Crippen MR) is 69.3 cm³/mol. The van der Waals surface area contributed by atoms with Gasteiger partial charge in [-0.05, 0) is 62.9 Å². The number of aliphatic carboxylic acids is 1. The summed E-state index contributed by atoms with van der Waals surface area (Å²) in [5, 5.41) is 9.45. The minimum Gasteiger partial charge on any atom is -0.481 e. The van der Waals surface area contributed by atoms with E-state index in [0.717, 1.165) is 16.7 Å². The summed E-state index contributed by atoms with van der Waals surface area (Å²) in [5.41, 5.74) is 8.93. The molecule has 3 nitrogen and oxygen atoms in total. The summed E-state index contributed by atoms with van der Waals surface area (Å²) in [5.74, 6) is -0.811. The average molecular weight is 235 g/mol. The molecular weight excluding hydrogens is 214 g/mol. The molecule has 0 bridgehead atoms. The number of hydrogen-bond donors (Lipinski definition) is 2. The van der Waals surface area contributed by atoms with Crippen LogP contribution in [0.4, 0.5) is 0 Å². The zero-order chi connectivity index (χ0) is 13.2. The van der Waals surface area contributed by atoms with E-state index in [2.05, 4.69) is 0 Å². The van der Waals surface area contributed by atoms with E-state index in [1.807, 2.05) is 32.9 Å². The Labute approximate surface area is 103 Å². The van der Waals surface area contributed by atoms with Gasteiger partial charge in [0, 0.05) is 0 Å². The number of aryl methyl sites for hydroxylation is 1. The Balaban J connectivity index is 3.39. The van der Waals surface area contributed by atoms with Crippen LogP contribution in [0.1, 0.15) is 35.6 Å². The topological polar surface area (TPSA) is 63.3 Å². The Morgan fingerprint density at radius 3 is 2.35 bits per heavy atom. The minimum atomic E-state index is -0.892. The first-order valence-electron chi connectivity index (χ1n) is 5.85. The normalized spacial score (nSPS) is 14.4. The molecular formula is C14H21NO2. The van der Waals surface area contributed by atoms with Crippen molar-refractivity contribution < 1.29 is 9.90 Å². The van der Waals surface area contributed by atoms with Crippen molar-refractivity contribution in [1.82, 2.24) is 0 Å². The molecule has 1 unspecified atom stereocenters. The second-order valence-electron chi connectivity index (χ2n) is 4.86. The molecule has 3 N–H and O–H groups in total. The molecule has 0 radical (unpaired) electrons. The molecule has 0 aliphatic carbocycles. The summed E-state index contributed by atoms with van der Waals surface area (Å²) in [6, 6.07) is 3.90. The quantitative estimate of drug-likeness (QED) is 0.841. The van der Waals surface area contributed by atoms with Gasteiger partial charge in [0.25, 0.3) is 0 Å². The standard InChI is InChI=1S/C14H21NO2/c1-9-5-6-12(11(3)10(9)2)14(4,7-8-15)13(16)17/h5-6H,7-8,15H2,1-4H3,(H,16,17). The van der Waals surface area contributed by atoms with Gasteiger partial charge in [0.05, 0.1) is 5.41 Å². The third kappa shape index (κ3) is 2.34. The van der Waals surface area contributed by atoms with Crippen LogP contribution in [0.5, 0.6) is 0 Å². The van der Waals surface area contributed by atoms with Crippen molar-refractivity contribution in [2.24, 2.45) is 5.73 Å². The highest BCUT2D eigenvalue weighted by molar-refractivity contribution is 5.81. The van der Waals surface area contributed by atoms with Crippen molar-refractivity contribution in [2.75, 3.05) is 6.54 Å². The van der Waals surface area contributed by atoms with Crippen LogP contribution in [0.3, 0.4) is 0 Å². The zero-order valence-electron chi connectivity index (χ0n) is 11.0. The number of nitrogens with two attached hydrogens (primary N) is 1. The molecule has 94 valence electrons. The first-order valence-corrected chi connectivity index (χ1v) is 5.85. The largest absolute Gasteiger partial charge is 0.481 e. The van der Waals surface area contributed by atoms with E-state index < -0.39 is 11.4 Å². The van der Waals surface area contributed by atoms with Gasteiger partial charge in [0.1, 0.15) is 0 Å². The van der Waals surface area contributed by atoms with E-state index >= 15 is 0 Å². The van der Waals surface area contributed by atoms with Gasteiger partial charge in [-0.1, -0.05) is 12.1 Å². The van der Waals surface area contributed by atoms with Crippen LogP contribution < -0.4 is 5.73 Å². The molecule has 0 spiro atoms. The van der Waals surface area contributed by atoms with Gasteiger partial charge in [0.15, 0.2) is 0 Å². The number of carboxylic acids is 1. The Morgan fingerprint density at radius 1 is 1.29 bits per heavy atom. The second-order valence-corrected chi connectivity index (χ2v) is 4.86. The lowest BCUT2D eigenvalue weighted by Crippen LogP contribution is -2.35. The van der Waals surface area contributed by atoms with Gasteiger partial charge in [-0.3, -0.25) is 4.79 Å². The Bertz CT molecular complexity index is 440. The fourth-order valence-corrected chi connectivity index (χ4v) is 2.20. The van der Waals surface area contributed by atoms with E-state index in [4.69, 9.17) is 5.73 Å². The molecule has 1 aromatic carbocycles. The molecule has 17 heavy (non-hydrogen) atoms. The molecule has 0 saturated heterocycles. The Hall–Kier alpha value is -1.35. The van der Waals surface area contributed by atoms with Crippen LogP contribution in [0.2, 0.25) is 0 Å². The molecule has 0 heterocycles. The van der Waals surface area contributed by atoms with Gasteiger partial charge in [-0.15, -0.1) is 0 Å². The molecule has 3 heteroatoms. The van der Waals surface area contributed by atoms with Gasteiger partial charge in [0.2, 0.25) is 0 Å². The Morgan fingerprint density at radius 2 is 1.88 bits per heavy atom. The van der Waals surface area contributed by atoms with Crippen molar-refractivity contribution >= 4 is 5.97 Å². The van der Waals surface area contributed by atoms with E-state index in [1.54, 1.807) is 6.92 Å². The molecule has 0 fully saturated rings. The molecule has 0 amide bonds. The third-order valence-corrected chi connectivity index (χ3v) is 3.77. The van der Waals surface area contributed by atoms with Gasteiger partial charge in [-0.25, -0.2) is 0 Å². The van der Waals surface area contributed by atoms with Crippen molar-refractivity contribution in [3.05, 3.63) is 34.4 Å². The lowest BCUT2D eigenvalue weighted by Gasteiger charge is -2.27. The smallest absolute Gasteiger partial charge is 0.313 e. The molecule has 0 aromatic heterocycles. The maximum atomic E-state index is 11.5. The Kier molecular flexibility index (Phi) is 3.94. The maximum absolute atomic E-state index is 11.5. The van der Waals surface area contributed by atoms with Gasteiger partial charge < -0.3 is 10.8 Å². The molecule has 0 saturated carbocycles. The summed E-state index contributed by atoms with van der Waals surface area (Å²) >= 11 is 0. The van der Waals surface area contributed by atoms with Crippen LogP contribution in [0, 0.1) is 20.8 Å². The average Bonchev–Trinajstić information content (AvgIpc) is 2.26. The van der Waals surface area contributed by atoms with Crippen molar-refractivity contribution in [3.8, 4) is 0 Å². The highest BCUT2D eigenvalue weighted by atomic mass is 16.4. The molecule has 1 aromatic rings. The molecule has 0 aliphatic rings. The van der Waals surface area contributed by atoms with Crippen LogP contribution >= 0.6 is 0 Å². The van der Waals surface area contributed by atoms with E-state index in [-0.39, 0.29) is 0 Å².